The standard InChI is InChI=1S/C27H54NO5.ClH/c1-4-5-6-7-8-9-10-11-12-13-14-15-16-17-18-19-27(31)33-23-22-32-21-20-28(2,3)24-26(30)25-29;/h11-12,26,29-30H,4-10,13-25H2,1-3H3;1H/q+1;/p-1/b12-11-;. The molecule has 0 spiro atoms. The minimum atomic E-state index is -0.711. The van der Waals surface area contributed by atoms with Gasteiger partial charge in [-0.1, -0.05) is 70.4 Å². The maximum absolute atomic E-state index is 11.8. The van der Waals surface area contributed by atoms with E-state index >= 15 is 0 Å². The summed E-state index contributed by atoms with van der Waals surface area (Å²) in [5.41, 5.74) is 0. The average Bonchev–Trinajstić information content (AvgIpc) is 2.78. The highest BCUT2D eigenvalue weighted by Gasteiger charge is 2.19. The number of quaternary nitrogens is 1. The van der Waals surface area contributed by atoms with Crippen molar-refractivity contribution in [2.24, 2.45) is 0 Å². The fraction of sp³-hybridized carbons (Fsp3) is 0.889. The van der Waals surface area contributed by atoms with E-state index in [1.54, 1.807) is 0 Å². The third-order valence-electron chi connectivity index (χ3n) is 5.89. The Morgan fingerprint density at radius 1 is 0.853 bits per heavy atom. The highest BCUT2D eigenvalue weighted by atomic mass is 35.5. The lowest BCUT2D eigenvalue weighted by Crippen LogP contribution is -3.00. The molecule has 0 radical (unpaired) electrons. The van der Waals surface area contributed by atoms with Crippen molar-refractivity contribution in [3.8, 4) is 0 Å². The van der Waals surface area contributed by atoms with Crippen LogP contribution in [0.5, 0.6) is 0 Å². The van der Waals surface area contributed by atoms with Crippen molar-refractivity contribution in [1.82, 2.24) is 0 Å². The Morgan fingerprint density at radius 3 is 2.00 bits per heavy atom. The maximum atomic E-state index is 11.8. The Bertz CT molecular complexity index is 474. The molecular formula is C27H54ClNO5. The molecule has 0 saturated carbocycles. The summed E-state index contributed by atoms with van der Waals surface area (Å²) in [6, 6.07) is 0. The monoisotopic (exact) mass is 507 g/mol. The van der Waals surface area contributed by atoms with Crippen LogP contribution in [0.2, 0.25) is 0 Å². The average molecular weight is 508 g/mol. The van der Waals surface area contributed by atoms with Crippen LogP contribution in [0.25, 0.3) is 0 Å². The molecule has 0 aromatic heterocycles. The van der Waals surface area contributed by atoms with Crippen LogP contribution in [-0.4, -0.2) is 80.4 Å². The first-order chi connectivity index (χ1) is 15.9. The topological polar surface area (TPSA) is 76.0 Å². The molecule has 7 heteroatoms. The van der Waals surface area contributed by atoms with Gasteiger partial charge < -0.3 is 36.6 Å². The van der Waals surface area contributed by atoms with Crippen molar-refractivity contribution in [2.75, 3.05) is 53.6 Å². The van der Waals surface area contributed by atoms with E-state index < -0.39 is 6.10 Å². The second kappa shape index (κ2) is 25.4. The van der Waals surface area contributed by atoms with E-state index in [2.05, 4.69) is 19.1 Å². The predicted octanol–water partition coefficient (Wildman–Crippen LogP) is 2.02. The third kappa shape index (κ3) is 26.0. The summed E-state index contributed by atoms with van der Waals surface area (Å²) in [7, 11) is 3.96. The lowest BCUT2D eigenvalue weighted by atomic mass is 10.1. The van der Waals surface area contributed by atoms with E-state index in [0.29, 0.717) is 30.7 Å². The van der Waals surface area contributed by atoms with Gasteiger partial charge in [0.05, 0.1) is 33.9 Å². The van der Waals surface area contributed by atoms with E-state index in [0.717, 1.165) is 19.4 Å². The SMILES string of the molecule is CCCCCCCC/C=C\CCCCCCCC(=O)OCCOCC[N+](C)(C)CC(O)CO.[Cl-]. The number of likely N-dealkylation sites (N-methyl/N-ethyl adjacent to an activating group) is 1. The first-order valence-corrected chi connectivity index (χ1v) is 13.4. The van der Waals surface area contributed by atoms with Crippen LogP contribution in [0.15, 0.2) is 12.2 Å². The van der Waals surface area contributed by atoms with E-state index in [-0.39, 0.29) is 31.6 Å². The van der Waals surface area contributed by atoms with Crippen molar-refractivity contribution in [2.45, 2.75) is 103 Å². The second-order valence-electron chi connectivity index (χ2n) is 9.85. The van der Waals surface area contributed by atoms with Gasteiger partial charge in [0, 0.05) is 6.42 Å². The normalized spacial score (nSPS) is 12.6. The molecule has 0 rings (SSSR count). The zero-order valence-corrected chi connectivity index (χ0v) is 23.1. The Morgan fingerprint density at radius 2 is 1.41 bits per heavy atom. The van der Waals surface area contributed by atoms with Gasteiger partial charge in [0.1, 0.15) is 25.8 Å². The predicted molar refractivity (Wildman–Crippen MR) is 136 cm³/mol. The van der Waals surface area contributed by atoms with Crippen molar-refractivity contribution in [3.05, 3.63) is 12.2 Å². The highest BCUT2D eigenvalue weighted by Crippen LogP contribution is 2.10. The molecule has 204 valence electrons. The Kier molecular flexibility index (Phi) is 26.6. The molecule has 0 amide bonds. The van der Waals surface area contributed by atoms with Gasteiger partial charge in [-0.3, -0.25) is 4.79 Å². The lowest BCUT2D eigenvalue weighted by Gasteiger charge is -2.31. The number of ether oxygens (including phenoxy) is 2. The molecule has 0 aliphatic rings. The van der Waals surface area contributed by atoms with Crippen LogP contribution >= 0.6 is 0 Å². The summed E-state index contributed by atoms with van der Waals surface area (Å²) in [5, 5.41) is 18.5. The summed E-state index contributed by atoms with van der Waals surface area (Å²) in [6.07, 6.45) is 20.7. The van der Waals surface area contributed by atoms with Crippen LogP contribution in [0.3, 0.4) is 0 Å². The number of aliphatic hydroxyl groups is 2. The van der Waals surface area contributed by atoms with Gasteiger partial charge in [-0.2, -0.15) is 0 Å². The van der Waals surface area contributed by atoms with E-state index in [4.69, 9.17) is 14.6 Å². The number of hydrogen-bond acceptors (Lipinski definition) is 5. The maximum Gasteiger partial charge on any atom is 0.305 e. The van der Waals surface area contributed by atoms with Crippen LogP contribution in [-0.2, 0) is 14.3 Å². The van der Waals surface area contributed by atoms with Crippen molar-refractivity contribution < 1.29 is 41.4 Å². The molecule has 34 heavy (non-hydrogen) atoms. The molecular weight excluding hydrogens is 454 g/mol. The molecule has 0 aromatic rings. The number of halogens is 1. The molecule has 1 unspecified atom stereocenters. The number of allylic oxidation sites excluding steroid dienone is 2. The number of unbranched alkanes of at least 4 members (excludes halogenated alkanes) is 11. The van der Waals surface area contributed by atoms with Gasteiger partial charge in [0.25, 0.3) is 0 Å². The second-order valence-corrected chi connectivity index (χ2v) is 9.85. The smallest absolute Gasteiger partial charge is 0.305 e. The molecule has 0 aliphatic heterocycles. The van der Waals surface area contributed by atoms with Gasteiger partial charge in [-0.15, -0.1) is 0 Å². The van der Waals surface area contributed by atoms with Gasteiger partial charge >= 0.3 is 5.97 Å². The number of nitrogens with zero attached hydrogens (tertiary/aromatic N) is 1. The minimum Gasteiger partial charge on any atom is -1.00 e. The first kappa shape index (κ1) is 35.5. The van der Waals surface area contributed by atoms with E-state index in [9.17, 15) is 9.90 Å². The third-order valence-corrected chi connectivity index (χ3v) is 5.89. The Hall–Kier alpha value is -0.660. The number of esters is 1. The summed E-state index contributed by atoms with van der Waals surface area (Å²) < 4.78 is 11.3. The van der Waals surface area contributed by atoms with Gasteiger partial charge in [0.2, 0.25) is 0 Å². The number of aliphatic hydroxyl groups excluding tert-OH is 2. The van der Waals surface area contributed by atoms with Crippen LogP contribution < -0.4 is 12.4 Å². The molecule has 0 aromatic carbocycles. The molecule has 0 heterocycles. The van der Waals surface area contributed by atoms with Crippen LogP contribution in [0.1, 0.15) is 96.8 Å². The zero-order valence-electron chi connectivity index (χ0n) is 22.3. The van der Waals surface area contributed by atoms with Crippen LogP contribution in [0.4, 0.5) is 0 Å². The van der Waals surface area contributed by atoms with Crippen molar-refractivity contribution in [1.29, 1.82) is 0 Å². The lowest BCUT2D eigenvalue weighted by molar-refractivity contribution is -0.893. The van der Waals surface area contributed by atoms with Gasteiger partial charge in [0.15, 0.2) is 0 Å². The van der Waals surface area contributed by atoms with E-state index in [1.807, 2.05) is 14.1 Å². The Balaban J connectivity index is 0. The molecule has 0 aliphatic carbocycles. The number of carbonyl (C=O) groups is 1. The number of rotatable bonds is 24. The summed E-state index contributed by atoms with van der Waals surface area (Å²) in [6.45, 7) is 4.43. The van der Waals surface area contributed by atoms with Crippen molar-refractivity contribution in [3.63, 3.8) is 0 Å². The quantitative estimate of drug-likeness (QED) is 0.0904. The first-order valence-electron chi connectivity index (χ1n) is 13.4. The van der Waals surface area contributed by atoms with Crippen molar-refractivity contribution >= 4 is 5.97 Å². The fourth-order valence-electron chi connectivity index (χ4n) is 3.76. The van der Waals surface area contributed by atoms with E-state index in [1.165, 1.54) is 70.6 Å². The molecule has 0 saturated heterocycles. The Labute approximate surface area is 216 Å². The summed E-state index contributed by atoms with van der Waals surface area (Å²) >= 11 is 0. The molecule has 6 nitrogen and oxygen atoms in total. The number of carbonyl (C=O) groups excluding carboxylic acids is 1. The largest absolute Gasteiger partial charge is 1.00 e. The van der Waals surface area contributed by atoms with Crippen LogP contribution in [0, 0.1) is 0 Å². The fourth-order valence-corrected chi connectivity index (χ4v) is 3.76. The summed E-state index contributed by atoms with van der Waals surface area (Å²) in [5.74, 6) is -0.140. The molecule has 0 bridgehead atoms. The molecule has 1 atom stereocenters. The highest BCUT2D eigenvalue weighted by molar-refractivity contribution is 5.69. The van der Waals surface area contributed by atoms with Gasteiger partial charge in [-0.25, -0.2) is 0 Å². The minimum absolute atomic E-state index is 0. The molecule has 2 N–H and O–H groups in total. The molecule has 0 fully saturated rings. The van der Waals surface area contributed by atoms with Gasteiger partial charge in [-0.05, 0) is 32.1 Å². The zero-order chi connectivity index (χ0) is 24.6. The number of hydrogen-bond donors (Lipinski definition) is 2. The summed E-state index contributed by atoms with van der Waals surface area (Å²) in [4.78, 5) is 11.8.